The lowest BCUT2D eigenvalue weighted by atomic mass is 10.0. The lowest BCUT2D eigenvalue weighted by molar-refractivity contribution is 0.103. The van der Waals surface area contributed by atoms with Gasteiger partial charge in [0.25, 0.3) is 0 Å². The van der Waals surface area contributed by atoms with Gasteiger partial charge in [-0.15, -0.1) is 0 Å². The quantitative estimate of drug-likeness (QED) is 0.801. The van der Waals surface area contributed by atoms with E-state index in [1.807, 2.05) is 19.1 Å². The van der Waals surface area contributed by atoms with Crippen LogP contribution in [0, 0.1) is 6.92 Å². The molecule has 2 aromatic rings. The van der Waals surface area contributed by atoms with E-state index >= 15 is 0 Å². The fourth-order valence-corrected chi connectivity index (χ4v) is 2.21. The molecule has 0 aliphatic rings. The van der Waals surface area contributed by atoms with Crippen LogP contribution in [0.4, 0.5) is 0 Å². The maximum absolute atomic E-state index is 12.4. The molecule has 0 aliphatic carbocycles. The minimum Gasteiger partial charge on any atom is -0.493 e. The molecule has 0 atom stereocenters. The van der Waals surface area contributed by atoms with Crippen LogP contribution in [-0.2, 0) is 0 Å². The van der Waals surface area contributed by atoms with Crippen LogP contribution in [-0.4, -0.2) is 20.0 Å². The maximum Gasteiger partial charge on any atom is 0.193 e. The average molecular weight is 291 g/mol. The number of hydrogen-bond donors (Lipinski definition) is 0. The Morgan fingerprint density at radius 2 is 1.65 bits per heavy atom. The van der Waals surface area contributed by atoms with Crippen molar-refractivity contribution in [3.8, 4) is 11.5 Å². The standard InChI is InChI=1S/C16H15ClO3/c1-10-4-6-11(7-5-10)15(18)12-8-13(17)16(20-3)14(9-12)19-2/h4-9H,1-3H3. The van der Waals surface area contributed by atoms with E-state index in [9.17, 15) is 4.79 Å². The van der Waals surface area contributed by atoms with E-state index in [1.165, 1.54) is 14.2 Å². The normalized spacial score (nSPS) is 10.2. The van der Waals surface area contributed by atoms with Gasteiger partial charge in [0.05, 0.1) is 19.2 Å². The van der Waals surface area contributed by atoms with Crippen molar-refractivity contribution in [2.45, 2.75) is 6.92 Å². The number of methoxy groups -OCH3 is 2. The second-order valence-corrected chi connectivity index (χ2v) is 4.80. The third-order valence-electron chi connectivity index (χ3n) is 3.01. The molecule has 0 unspecified atom stereocenters. The van der Waals surface area contributed by atoms with Gasteiger partial charge in [-0.2, -0.15) is 0 Å². The molecular weight excluding hydrogens is 276 g/mol. The summed E-state index contributed by atoms with van der Waals surface area (Å²) in [5.41, 5.74) is 2.18. The zero-order chi connectivity index (χ0) is 14.7. The summed E-state index contributed by atoms with van der Waals surface area (Å²) in [5.74, 6) is 0.762. The molecule has 0 bridgehead atoms. The molecule has 0 N–H and O–H groups in total. The predicted molar refractivity (Wildman–Crippen MR) is 79.2 cm³/mol. The van der Waals surface area contributed by atoms with Crippen molar-refractivity contribution in [2.24, 2.45) is 0 Å². The maximum atomic E-state index is 12.4. The Labute approximate surface area is 123 Å². The van der Waals surface area contributed by atoms with Crippen LogP contribution in [0.2, 0.25) is 5.02 Å². The fourth-order valence-electron chi connectivity index (χ4n) is 1.92. The Balaban J connectivity index is 2.45. The molecule has 0 heterocycles. The van der Waals surface area contributed by atoms with Crippen molar-refractivity contribution < 1.29 is 14.3 Å². The van der Waals surface area contributed by atoms with Gasteiger partial charge in [-0.05, 0) is 19.1 Å². The number of hydrogen-bond acceptors (Lipinski definition) is 3. The van der Waals surface area contributed by atoms with Crippen molar-refractivity contribution in [3.05, 3.63) is 58.1 Å². The van der Waals surface area contributed by atoms with Crippen LogP contribution in [0.15, 0.2) is 36.4 Å². The van der Waals surface area contributed by atoms with Gasteiger partial charge in [-0.25, -0.2) is 0 Å². The number of ether oxygens (including phenoxy) is 2. The molecule has 0 aliphatic heterocycles. The largest absolute Gasteiger partial charge is 0.493 e. The summed E-state index contributed by atoms with van der Waals surface area (Å²) in [6, 6.07) is 10.6. The Kier molecular flexibility index (Phi) is 4.30. The second-order valence-electron chi connectivity index (χ2n) is 4.39. The molecule has 3 nitrogen and oxygen atoms in total. The molecule has 0 amide bonds. The van der Waals surface area contributed by atoms with Gasteiger partial charge in [0.2, 0.25) is 0 Å². The predicted octanol–water partition coefficient (Wildman–Crippen LogP) is 3.90. The van der Waals surface area contributed by atoms with Crippen molar-refractivity contribution in [1.82, 2.24) is 0 Å². The van der Waals surface area contributed by atoms with Crippen LogP contribution in [0.3, 0.4) is 0 Å². The number of carbonyl (C=O) groups excluding carboxylic acids is 1. The molecule has 0 saturated carbocycles. The number of benzene rings is 2. The number of rotatable bonds is 4. The molecule has 2 aromatic carbocycles. The van der Waals surface area contributed by atoms with Gasteiger partial charge in [0, 0.05) is 11.1 Å². The topological polar surface area (TPSA) is 35.5 Å². The molecule has 0 fully saturated rings. The van der Waals surface area contributed by atoms with Gasteiger partial charge in [0.15, 0.2) is 17.3 Å². The van der Waals surface area contributed by atoms with Gasteiger partial charge in [-0.1, -0.05) is 41.4 Å². The van der Waals surface area contributed by atoms with Crippen molar-refractivity contribution in [1.29, 1.82) is 0 Å². The van der Waals surface area contributed by atoms with E-state index in [2.05, 4.69) is 0 Å². The number of halogens is 1. The second kappa shape index (κ2) is 5.97. The van der Waals surface area contributed by atoms with Crippen LogP contribution < -0.4 is 9.47 Å². The highest BCUT2D eigenvalue weighted by Crippen LogP contribution is 2.36. The molecule has 4 heteroatoms. The first-order chi connectivity index (χ1) is 9.56. The third-order valence-corrected chi connectivity index (χ3v) is 3.29. The summed E-state index contributed by atoms with van der Waals surface area (Å²) in [7, 11) is 3.01. The summed E-state index contributed by atoms with van der Waals surface area (Å²) >= 11 is 6.11. The van der Waals surface area contributed by atoms with Gasteiger partial charge >= 0.3 is 0 Å². The number of carbonyl (C=O) groups is 1. The summed E-state index contributed by atoms with van der Waals surface area (Å²) in [6.45, 7) is 1.97. The lowest BCUT2D eigenvalue weighted by Crippen LogP contribution is -2.03. The van der Waals surface area contributed by atoms with Crippen molar-refractivity contribution >= 4 is 17.4 Å². The summed E-state index contributed by atoms with van der Waals surface area (Å²) in [4.78, 5) is 12.4. The summed E-state index contributed by atoms with van der Waals surface area (Å²) < 4.78 is 10.4. The van der Waals surface area contributed by atoms with E-state index < -0.39 is 0 Å². The fraction of sp³-hybridized carbons (Fsp3) is 0.188. The lowest BCUT2D eigenvalue weighted by Gasteiger charge is -2.11. The molecule has 104 valence electrons. The van der Waals surface area contributed by atoms with Crippen LogP contribution >= 0.6 is 11.6 Å². The summed E-state index contributed by atoms with van der Waals surface area (Å²) in [6.07, 6.45) is 0. The van der Waals surface area contributed by atoms with Crippen LogP contribution in [0.25, 0.3) is 0 Å². The highest BCUT2D eigenvalue weighted by molar-refractivity contribution is 6.33. The molecule has 20 heavy (non-hydrogen) atoms. The minimum absolute atomic E-state index is 0.104. The molecular formula is C16H15ClO3. The van der Waals surface area contributed by atoms with Gasteiger partial charge in [-0.3, -0.25) is 4.79 Å². The smallest absolute Gasteiger partial charge is 0.193 e. The molecule has 2 rings (SSSR count). The van der Waals surface area contributed by atoms with E-state index in [-0.39, 0.29) is 5.78 Å². The third kappa shape index (κ3) is 2.78. The Bertz CT molecular complexity index is 633. The van der Waals surface area contributed by atoms with Crippen LogP contribution in [0.1, 0.15) is 21.5 Å². The number of aryl methyl sites for hydroxylation is 1. The first kappa shape index (κ1) is 14.4. The Morgan fingerprint density at radius 3 is 2.20 bits per heavy atom. The Hall–Kier alpha value is -2.00. The van der Waals surface area contributed by atoms with E-state index in [4.69, 9.17) is 21.1 Å². The molecule has 0 spiro atoms. The average Bonchev–Trinajstić information content (AvgIpc) is 2.46. The minimum atomic E-state index is -0.104. The van der Waals surface area contributed by atoms with E-state index in [0.717, 1.165) is 5.56 Å². The van der Waals surface area contributed by atoms with Crippen molar-refractivity contribution in [2.75, 3.05) is 14.2 Å². The zero-order valence-corrected chi connectivity index (χ0v) is 12.3. The van der Waals surface area contributed by atoms with E-state index in [1.54, 1.807) is 24.3 Å². The molecule has 0 radical (unpaired) electrons. The molecule has 0 saturated heterocycles. The Morgan fingerprint density at radius 1 is 1.00 bits per heavy atom. The van der Waals surface area contributed by atoms with Crippen LogP contribution in [0.5, 0.6) is 11.5 Å². The summed E-state index contributed by atoms with van der Waals surface area (Å²) in [5, 5.41) is 0.349. The van der Waals surface area contributed by atoms with Crippen molar-refractivity contribution in [3.63, 3.8) is 0 Å². The van der Waals surface area contributed by atoms with Gasteiger partial charge in [0.1, 0.15) is 0 Å². The first-order valence-corrected chi connectivity index (χ1v) is 6.47. The highest BCUT2D eigenvalue weighted by atomic mass is 35.5. The highest BCUT2D eigenvalue weighted by Gasteiger charge is 2.16. The molecule has 0 aromatic heterocycles. The number of ketones is 1. The first-order valence-electron chi connectivity index (χ1n) is 6.09. The van der Waals surface area contributed by atoms with E-state index in [0.29, 0.717) is 27.6 Å². The SMILES string of the molecule is COc1cc(C(=O)c2ccc(C)cc2)cc(Cl)c1OC. The zero-order valence-electron chi connectivity index (χ0n) is 11.6. The monoisotopic (exact) mass is 290 g/mol. The van der Waals surface area contributed by atoms with Gasteiger partial charge < -0.3 is 9.47 Å².